The van der Waals surface area contributed by atoms with Crippen LogP contribution in [0.2, 0.25) is 0 Å². The Morgan fingerprint density at radius 1 is 1.42 bits per heavy atom. The first-order chi connectivity index (χ1) is 8.63. The van der Waals surface area contributed by atoms with Gasteiger partial charge in [0.15, 0.2) is 0 Å². The van der Waals surface area contributed by atoms with E-state index in [-0.39, 0.29) is 28.3 Å². The quantitative estimate of drug-likeness (QED) is 0.516. The molecule has 0 radical (unpaired) electrons. The number of rotatable bonds is 3. The molecule has 0 saturated carbocycles. The second-order valence-electron chi connectivity index (χ2n) is 5.72. The van der Waals surface area contributed by atoms with E-state index in [0.29, 0.717) is 6.54 Å². The molecule has 0 fully saturated rings. The minimum absolute atomic E-state index is 0.0557. The number of hydrogen-bond donors (Lipinski definition) is 1. The predicted molar refractivity (Wildman–Crippen MR) is 73.9 cm³/mol. The Morgan fingerprint density at radius 2 is 2.00 bits per heavy atom. The van der Waals surface area contributed by atoms with Crippen molar-refractivity contribution in [2.75, 3.05) is 19.3 Å². The molecule has 0 aliphatic carbocycles. The Morgan fingerprint density at radius 3 is 2.47 bits per heavy atom. The van der Waals surface area contributed by atoms with Crippen LogP contribution in [0.15, 0.2) is 18.2 Å². The van der Waals surface area contributed by atoms with Gasteiger partial charge in [-0.1, -0.05) is 26.8 Å². The van der Waals surface area contributed by atoms with E-state index in [4.69, 9.17) is 5.73 Å². The van der Waals surface area contributed by atoms with Crippen molar-refractivity contribution in [2.45, 2.75) is 20.8 Å². The van der Waals surface area contributed by atoms with Crippen molar-refractivity contribution in [2.24, 2.45) is 5.41 Å². The van der Waals surface area contributed by atoms with Crippen LogP contribution in [0.5, 0.6) is 0 Å². The number of anilines is 1. The van der Waals surface area contributed by atoms with Gasteiger partial charge >= 0.3 is 0 Å². The molecule has 1 aromatic carbocycles. The fourth-order valence-electron chi connectivity index (χ4n) is 1.89. The third-order valence-corrected chi connectivity index (χ3v) is 2.57. The van der Waals surface area contributed by atoms with Crippen molar-refractivity contribution in [3.63, 3.8) is 0 Å². The van der Waals surface area contributed by atoms with Crippen LogP contribution in [0, 0.1) is 15.5 Å². The molecule has 0 spiro atoms. The molecule has 0 aliphatic rings. The summed E-state index contributed by atoms with van der Waals surface area (Å²) in [6, 6.07) is 4.26. The monoisotopic (exact) mass is 265 g/mol. The van der Waals surface area contributed by atoms with Gasteiger partial charge in [-0.05, 0) is 11.5 Å². The molecule has 6 nitrogen and oxygen atoms in total. The van der Waals surface area contributed by atoms with E-state index in [0.717, 1.165) is 0 Å². The molecule has 0 aromatic heterocycles. The molecule has 19 heavy (non-hydrogen) atoms. The van der Waals surface area contributed by atoms with E-state index in [2.05, 4.69) is 0 Å². The highest BCUT2D eigenvalue weighted by atomic mass is 16.6. The second kappa shape index (κ2) is 5.26. The normalized spacial score (nSPS) is 11.2. The van der Waals surface area contributed by atoms with Crippen molar-refractivity contribution < 1.29 is 9.72 Å². The van der Waals surface area contributed by atoms with Gasteiger partial charge in [-0.25, -0.2) is 0 Å². The van der Waals surface area contributed by atoms with Crippen molar-refractivity contribution in [1.82, 2.24) is 4.90 Å². The van der Waals surface area contributed by atoms with Gasteiger partial charge in [0.1, 0.15) is 5.69 Å². The molecule has 0 atom stereocenters. The van der Waals surface area contributed by atoms with Gasteiger partial charge in [-0.15, -0.1) is 0 Å². The number of amides is 1. The lowest BCUT2D eigenvalue weighted by Crippen LogP contribution is -2.34. The maximum Gasteiger partial charge on any atom is 0.292 e. The molecule has 1 aromatic rings. The number of carbonyl (C=O) groups is 1. The zero-order chi connectivity index (χ0) is 14.8. The highest BCUT2D eigenvalue weighted by molar-refractivity contribution is 6.00. The third-order valence-electron chi connectivity index (χ3n) is 2.57. The SMILES string of the molecule is CN(CC(C)(C)C)C(=O)c1cccc([N+](=O)[O-])c1N. The molecule has 0 heterocycles. The second-order valence-corrected chi connectivity index (χ2v) is 5.72. The zero-order valence-electron chi connectivity index (χ0n) is 11.6. The van der Waals surface area contributed by atoms with E-state index in [1.807, 2.05) is 20.8 Å². The summed E-state index contributed by atoms with van der Waals surface area (Å²) in [6.07, 6.45) is 0. The molecule has 6 heteroatoms. The third kappa shape index (κ3) is 3.67. The van der Waals surface area contributed by atoms with E-state index in [1.54, 1.807) is 7.05 Å². The number of nitrogens with zero attached hydrogens (tertiary/aromatic N) is 2. The maximum atomic E-state index is 12.2. The fraction of sp³-hybridized carbons (Fsp3) is 0.462. The van der Waals surface area contributed by atoms with E-state index >= 15 is 0 Å². The van der Waals surface area contributed by atoms with Crippen LogP contribution in [-0.2, 0) is 0 Å². The summed E-state index contributed by atoms with van der Waals surface area (Å²) >= 11 is 0. The maximum absolute atomic E-state index is 12.2. The topological polar surface area (TPSA) is 89.5 Å². The van der Waals surface area contributed by atoms with Crippen LogP contribution in [0.1, 0.15) is 31.1 Å². The lowest BCUT2D eigenvalue weighted by Gasteiger charge is -2.26. The number of para-hydroxylation sites is 1. The standard InChI is InChI=1S/C13H19N3O3/c1-13(2,3)8-15(4)12(17)9-6-5-7-10(11(9)14)16(18)19/h5-7H,8,14H2,1-4H3. The summed E-state index contributed by atoms with van der Waals surface area (Å²) in [4.78, 5) is 24.0. The van der Waals surface area contributed by atoms with E-state index in [1.165, 1.54) is 23.1 Å². The molecule has 1 rings (SSSR count). The Bertz CT molecular complexity index is 506. The first-order valence-electron chi connectivity index (χ1n) is 5.92. The average Bonchev–Trinajstić information content (AvgIpc) is 2.25. The number of hydrogen-bond acceptors (Lipinski definition) is 4. The highest BCUT2D eigenvalue weighted by Crippen LogP contribution is 2.26. The first-order valence-corrected chi connectivity index (χ1v) is 5.92. The van der Waals surface area contributed by atoms with Crippen LogP contribution < -0.4 is 5.73 Å². The molecule has 0 aliphatic heterocycles. The van der Waals surface area contributed by atoms with Gasteiger partial charge in [-0.3, -0.25) is 14.9 Å². The van der Waals surface area contributed by atoms with E-state index < -0.39 is 4.92 Å². The summed E-state index contributed by atoms with van der Waals surface area (Å²) < 4.78 is 0. The van der Waals surface area contributed by atoms with Crippen LogP contribution >= 0.6 is 0 Å². The summed E-state index contributed by atoms with van der Waals surface area (Å²) in [6.45, 7) is 6.56. The number of nitrogen functional groups attached to an aromatic ring is 1. The Balaban J connectivity index is 3.07. The lowest BCUT2D eigenvalue weighted by atomic mass is 9.96. The molecule has 104 valence electrons. The van der Waals surface area contributed by atoms with Gasteiger partial charge in [0.05, 0.1) is 10.5 Å². The van der Waals surface area contributed by atoms with Crippen LogP contribution in [0.4, 0.5) is 11.4 Å². The Kier molecular flexibility index (Phi) is 4.14. The zero-order valence-corrected chi connectivity index (χ0v) is 11.6. The van der Waals surface area contributed by atoms with Crippen molar-refractivity contribution in [3.8, 4) is 0 Å². The number of nitrogens with two attached hydrogens (primary N) is 1. The largest absolute Gasteiger partial charge is 0.393 e. The summed E-state index contributed by atoms with van der Waals surface area (Å²) in [7, 11) is 1.66. The molecule has 2 N–H and O–H groups in total. The number of benzene rings is 1. The Labute approximate surface area is 112 Å². The number of nitro groups is 1. The molecule has 0 bridgehead atoms. The van der Waals surface area contributed by atoms with Gasteiger partial charge in [0.25, 0.3) is 11.6 Å². The van der Waals surface area contributed by atoms with Crippen LogP contribution in [-0.4, -0.2) is 29.3 Å². The van der Waals surface area contributed by atoms with E-state index in [9.17, 15) is 14.9 Å². The van der Waals surface area contributed by atoms with Crippen molar-refractivity contribution in [1.29, 1.82) is 0 Å². The molecule has 0 unspecified atom stereocenters. The van der Waals surface area contributed by atoms with Gasteiger partial charge in [-0.2, -0.15) is 0 Å². The summed E-state index contributed by atoms with van der Waals surface area (Å²) in [5, 5.41) is 10.8. The Hall–Kier alpha value is -2.11. The molecule has 0 saturated heterocycles. The van der Waals surface area contributed by atoms with Crippen molar-refractivity contribution in [3.05, 3.63) is 33.9 Å². The minimum atomic E-state index is -0.587. The fourth-order valence-corrected chi connectivity index (χ4v) is 1.89. The van der Waals surface area contributed by atoms with Crippen LogP contribution in [0.25, 0.3) is 0 Å². The van der Waals surface area contributed by atoms with Gasteiger partial charge < -0.3 is 10.6 Å². The molecular weight excluding hydrogens is 246 g/mol. The first kappa shape index (κ1) is 14.9. The lowest BCUT2D eigenvalue weighted by molar-refractivity contribution is -0.383. The smallest absolute Gasteiger partial charge is 0.292 e. The van der Waals surface area contributed by atoms with Gasteiger partial charge in [0, 0.05) is 19.7 Å². The molecule has 1 amide bonds. The average molecular weight is 265 g/mol. The summed E-state index contributed by atoms with van der Waals surface area (Å²) in [5.74, 6) is -0.309. The predicted octanol–water partition coefficient (Wildman–Crippen LogP) is 2.30. The minimum Gasteiger partial charge on any atom is -0.393 e. The highest BCUT2D eigenvalue weighted by Gasteiger charge is 2.23. The number of nitro benzene ring substituents is 1. The number of carbonyl (C=O) groups excluding carboxylic acids is 1. The van der Waals surface area contributed by atoms with Crippen molar-refractivity contribution >= 4 is 17.3 Å². The molecular formula is C13H19N3O3. The van der Waals surface area contributed by atoms with Gasteiger partial charge in [0.2, 0.25) is 0 Å². The van der Waals surface area contributed by atoms with Crippen LogP contribution in [0.3, 0.4) is 0 Å². The summed E-state index contributed by atoms with van der Waals surface area (Å²) in [5.41, 5.74) is 5.48.